The van der Waals surface area contributed by atoms with Gasteiger partial charge >= 0.3 is 0 Å². The molecule has 1 N–H and O–H groups in total. The van der Waals surface area contributed by atoms with E-state index < -0.39 is 0 Å². The Morgan fingerprint density at radius 2 is 2.36 bits per heavy atom. The molecular weight excluding hydrogens is 172 g/mol. The van der Waals surface area contributed by atoms with Gasteiger partial charge in [-0.25, -0.2) is 0 Å². The number of hydrogen-bond acceptors (Lipinski definition) is 1. The lowest BCUT2D eigenvalue weighted by Crippen LogP contribution is -2.17. The van der Waals surface area contributed by atoms with E-state index in [0.29, 0.717) is 0 Å². The molecule has 14 heavy (non-hydrogen) atoms. The largest absolute Gasteiger partial charge is 0.351 e. The van der Waals surface area contributed by atoms with Crippen molar-refractivity contribution in [1.29, 1.82) is 0 Å². The fourth-order valence-corrected chi connectivity index (χ4v) is 1.85. The van der Waals surface area contributed by atoms with E-state index in [9.17, 15) is 0 Å². The van der Waals surface area contributed by atoms with Gasteiger partial charge in [0.25, 0.3) is 0 Å². The van der Waals surface area contributed by atoms with Crippen LogP contribution in [0.5, 0.6) is 0 Å². The third-order valence-electron chi connectivity index (χ3n) is 3.00. The summed E-state index contributed by atoms with van der Waals surface area (Å²) in [5.41, 5.74) is 1.41. The van der Waals surface area contributed by atoms with Crippen molar-refractivity contribution in [2.45, 2.75) is 39.3 Å². The molecule has 1 heterocycles. The first-order valence-corrected chi connectivity index (χ1v) is 5.75. The van der Waals surface area contributed by atoms with Crippen molar-refractivity contribution in [3.8, 4) is 0 Å². The Kier molecular flexibility index (Phi) is 3.25. The zero-order valence-electron chi connectivity index (χ0n) is 9.00. The Bertz CT molecular complexity index is 274. The standard InChI is InChI=1S/C12H20N2/c1-2-14-9-3-4-12(14)10-13-8-7-11-5-6-11/h3-4,9,11,13H,2,5-8,10H2,1H3. The van der Waals surface area contributed by atoms with Crippen LogP contribution in [0, 0.1) is 5.92 Å². The molecule has 0 bridgehead atoms. The van der Waals surface area contributed by atoms with Gasteiger partial charge in [0.2, 0.25) is 0 Å². The number of rotatable bonds is 6. The molecule has 2 rings (SSSR count). The third-order valence-corrected chi connectivity index (χ3v) is 3.00. The fraction of sp³-hybridized carbons (Fsp3) is 0.667. The second kappa shape index (κ2) is 4.65. The van der Waals surface area contributed by atoms with Gasteiger partial charge in [-0.2, -0.15) is 0 Å². The van der Waals surface area contributed by atoms with Crippen molar-refractivity contribution in [2.24, 2.45) is 5.92 Å². The van der Waals surface area contributed by atoms with Gasteiger partial charge in [-0.1, -0.05) is 12.8 Å². The molecule has 1 saturated carbocycles. The average Bonchev–Trinajstić information content (AvgIpc) is 2.91. The molecule has 0 unspecified atom stereocenters. The summed E-state index contributed by atoms with van der Waals surface area (Å²) >= 11 is 0. The maximum Gasteiger partial charge on any atom is 0.0359 e. The van der Waals surface area contributed by atoms with Gasteiger partial charge in [0.15, 0.2) is 0 Å². The number of nitrogens with one attached hydrogen (secondary N) is 1. The Balaban J connectivity index is 1.68. The molecule has 1 aromatic heterocycles. The van der Waals surface area contributed by atoms with Crippen molar-refractivity contribution in [3.63, 3.8) is 0 Å². The summed E-state index contributed by atoms with van der Waals surface area (Å²) in [5, 5.41) is 3.51. The average molecular weight is 192 g/mol. The highest BCUT2D eigenvalue weighted by atomic mass is 15.0. The molecule has 0 aliphatic heterocycles. The van der Waals surface area contributed by atoms with E-state index in [1.54, 1.807) is 0 Å². The van der Waals surface area contributed by atoms with E-state index in [4.69, 9.17) is 0 Å². The van der Waals surface area contributed by atoms with Crippen LogP contribution in [-0.2, 0) is 13.1 Å². The Hall–Kier alpha value is -0.760. The van der Waals surface area contributed by atoms with Crippen LogP contribution >= 0.6 is 0 Å². The van der Waals surface area contributed by atoms with Gasteiger partial charge < -0.3 is 9.88 Å². The zero-order chi connectivity index (χ0) is 9.80. The van der Waals surface area contributed by atoms with Crippen LogP contribution in [0.4, 0.5) is 0 Å². The lowest BCUT2D eigenvalue weighted by atomic mass is 10.3. The highest BCUT2D eigenvalue weighted by molar-refractivity contribution is 5.06. The SMILES string of the molecule is CCn1cccc1CNCCC1CC1. The minimum Gasteiger partial charge on any atom is -0.351 e. The zero-order valence-corrected chi connectivity index (χ0v) is 9.00. The van der Waals surface area contributed by atoms with Gasteiger partial charge in [-0.3, -0.25) is 0 Å². The molecule has 1 fully saturated rings. The molecule has 0 atom stereocenters. The van der Waals surface area contributed by atoms with Crippen molar-refractivity contribution < 1.29 is 0 Å². The van der Waals surface area contributed by atoms with Crippen LogP contribution in [0.25, 0.3) is 0 Å². The molecule has 0 spiro atoms. The van der Waals surface area contributed by atoms with E-state index in [-0.39, 0.29) is 0 Å². The molecule has 0 saturated heterocycles. The van der Waals surface area contributed by atoms with Gasteiger partial charge in [0.1, 0.15) is 0 Å². The summed E-state index contributed by atoms with van der Waals surface area (Å²) in [6.07, 6.45) is 6.45. The molecule has 1 aliphatic carbocycles. The maximum atomic E-state index is 3.51. The normalized spacial score (nSPS) is 16.1. The molecule has 0 amide bonds. The van der Waals surface area contributed by atoms with Crippen LogP contribution in [0.3, 0.4) is 0 Å². The molecule has 0 radical (unpaired) electrons. The van der Waals surface area contributed by atoms with Crippen LogP contribution in [0.15, 0.2) is 18.3 Å². The van der Waals surface area contributed by atoms with Crippen LogP contribution in [0.2, 0.25) is 0 Å². The quantitative estimate of drug-likeness (QED) is 0.685. The number of aryl methyl sites for hydroxylation is 1. The first-order chi connectivity index (χ1) is 6.90. The second-order valence-electron chi connectivity index (χ2n) is 4.19. The van der Waals surface area contributed by atoms with Gasteiger partial charge in [-0.05, 0) is 37.9 Å². The smallest absolute Gasteiger partial charge is 0.0359 e. The number of aromatic nitrogens is 1. The summed E-state index contributed by atoms with van der Waals surface area (Å²) in [6, 6.07) is 4.33. The van der Waals surface area contributed by atoms with Crippen LogP contribution in [0.1, 0.15) is 31.9 Å². The van der Waals surface area contributed by atoms with Crippen molar-refractivity contribution in [3.05, 3.63) is 24.0 Å². The highest BCUT2D eigenvalue weighted by Crippen LogP contribution is 2.31. The summed E-state index contributed by atoms with van der Waals surface area (Å²) in [5.74, 6) is 1.04. The molecule has 1 aromatic rings. The van der Waals surface area contributed by atoms with Gasteiger partial charge in [0, 0.05) is 25.0 Å². The van der Waals surface area contributed by atoms with E-state index in [0.717, 1.165) is 19.0 Å². The first-order valence-electron chi connectivity index (χ1n) is 5.75. The molecule has 78 valence electrons. The summed E-state index contributed by atoms with van der Waals surface area (Å²) in [4.78, 5) is 0. The van der Waals surface area contributed by atoms with Crippen LogP contribution < -0.4 is 5.32 Å². The fourth-order valence-electron chi connectivity index (χ4n) is 1.85. The first kappa shape index (κ1) is 9.78. The van der Waals surface area contributed by atoms with E-state index in [1.807, 2.05) is 0 Å². The van der Waals surface area contributed by atoms with Crippen molar-refractivity contribution in [2.75, 3.05) is 6.54 Å². The molecule has 2 heteroatoms. The van der Waals surface area contributed by atoms with E-state index in [2.05, 4.69) is 35.1 Å². The number of nitrogens with zero attached hydrogens (tertiary/aromatic N) is 1. The topological polar surface area (TPSA) is 17.0 Å². The Morgan fingerprint density at radius 1 is 1.50 bits per heavy atom. The molecular formula is C12H20N2. The summed E-state index contributed by atoms with van der Waals surface area (Å²) in [6.45, 7) is 5.47. The lowest BCUT2D eigenvalue weighted by molar-refractivity contribution is 0.586. The Morgan fingerprint density at radius 3 is 3.07 bits per heavy atom. The predicted octanol–water partition coefficient (Wildman–Crippen LogP) is 2.40. The third kappa shape index (κ3) is 2.61. The predicted molar refractivity (Wildman–Crippen MR) is 59.2 cm³/mol. The van der Waals surface area contributed by atoms with Crippen molar-refractivity contribution >= 4 is 0 Å². The van der Waals surface area contributed by atoms with E-state index >= 15 is 0 Å². The minimum absolute atomic E-state index is 1.02. The second-order valence-corrected chi connectivity index (χ2v) is 4.19. The minimum atomic E-state index is 1.02. The molecule has 2 nitrogen and oxygen atoms in total. The maximum absolute atomic E-state index is 3.51. The van der Waals surface area contributed by atoms with E-state index in [1.165, 1.54) is 31.5 Å². The summed E-state index contributed by atoms with van der Waals surface area (Å²) < 4.78 is 2.30. The molecule has 0 aromatic carbocycles. The van der Waals surface area contributed by atoms with Crippen molar-refractivity contribution in [1.82, 2.24) is 9.88 Å². The van der Waals surface area contributed by atoms with Gasteiger partial charge in [0.05, 0.1) is 0 Å². The van der Waals surface area contributed by atoms with Crippen LogP contribution in [-0.4, -0.2) is 11.1 Å². The van der Waals surface area contributed by atoms with Gasteiger partial charge in [-0.15, -0.1) is 0 Å². The number of hydrogen-bond donors (Lipinski definition) is 1. The highest BCUT2D eigenvalue weighted by Gasteiger charge is 2.19. The Labute approximate surface area is 86.3 Å². The molecule has 1 aliphatic rings. The lowest BCUT2D eigenvalue weighted by Gasteiger charge is -2.07. The summed E-state index contributed by atoms with van der Waals surface area (Å²) in [7, 11) is 0. The monoisotopic (exact) mass is 192 g/mol.